The Labute approximate surface area is 127 Å². The van der Waals surface area contributed by atoms with E-state index >= 15 is 0 Å². The molecule has 0 spiro atoms. The fourth-order valence-electron chi connectivity index (χ4n) is 2.66. The molecule has 5 nitrogen and oxygen atoms in total. The number of nitrogens with one attached hydrogen (secondary N) is 1. The van der Waals surface area contributed by atoms with Crippen LogP contribution < -0.4 is 5.32 Å². The summed E-state index contributed by atoms with van der Waals surface area (Å²) in [7, 11) is 0. The average Bonchev–Trinajstić information content (AvgIpc) is 2.68. The highest BCUT2D eigenvalue weighted by atomic mass is 35.5. The fraction of sp³-hybridized carbons (Fsp3) is 0.467. The quantitative estimate of drug-likeness (QED) is 0.749. The molecule has 0 radical (unpaired) electrons. The Morgan fingerprint density at radius 1 is 1.14 bits per heavy atom. The molecule has 1 aromatic rings. The molecular formula is C15H18ClNO4. The first-order valence-electron chi connectivity index (χ1n) is 6.99. The predicted octanol–water partition coefficient (Wildman–Crippen LogP) is 2.95. The minimum Gasteiger partial charge on any atom is -0.506 e. The van der Waals surface area contributed by atoms with E-state index in [9.17, 15) is 19.8 Å². The third kappa shape index (κ3) is 3.47. The van der Waals surface area contributed by atoms with Gasteiger partial charge in [0.2, 0.25) is 0 Å². The highest BCUT2D eigenvalue weighted by molar-refractivity contribution is 6.32. The molecule has 6 heteroatoms. The highest BCUT2D eigenvalue weighted by Crippen LogP contribution is 2.29. The lowest BCUT2D eigenvalue weighted by Gasteiger charge is -2.29. The Morgan fingerprint density at radius 3 is 2.29 bits per heavy atom. The van der Waals surface area contributed by atoms with Gasteiger partial charge < -0.3 is 15.5 Å². The summed E-state index contributed by atoms with van der Waals surface area (Å²) in [6.07, 6.45) is 4.39. The van der Waals surface area contributed by atoms with Gasteiger partial charge >= 0.3 is 5.97 Å². The largest absolute Gasteiger partial charge is 0.506 e. The molecule has 21 heavy (non-hydrogen) atoms. The van der Waals surface area contributed by atoms with Gasteiger partial charge in [0.1, 0.15) is 11.3 Å². The van der Waals surface area contributed by atoms with Crippen LogP contribution in [0.4, 0.5) is 0 Å². The zero-order valence-corrected chi connectivity index (χ0v) is 12.3. The number of carboxylic acids is 1. The van der Waals surface area contributed by atoms with Gasteiger partial charge in [-0.2, -0.15) is 0 Å². The van der Waals surface area contributed by atoms with Crippen LogP contribution in [0.25, 0.3) is 0 Å². The lowest BCUT2D eigenvalue weighted by atomic mass is 9.90. The summed E-state index contributed by atoms with van der Waals surface area (Å²) in [6, 6.07) is 4.07. The monoisotopic (exact) mass is 311 g/mol. The minimum atomic E-state index is -1.21. The van der Waals surface area contributed by atoms with Crippen molar-refractivity contribution in [2.45, 2.75) is 44.1 Å². The molecule has 1 amide bonds. The number of phenols is 1. The SMILES string of the molecule is O=C(NC1(C(=O)O)CCCCCC1)c1ccc(O)c(Cl)c1. The van der Waals surface area contributed by atoms with E-state index in [4.69, 9.17) is 11.6 Å². The van der Waals surface area contributed by atoms with E-state index in [2.05, 4.69) is 5.32 Å². The van der Waals surface area contributed by atoms with E-state index in [1.165, 1.54) is 18.2 Å². The summed E-state index contributed by atoms with van der Waals surface area (Å²) in [5.41, 5.74) is -0.972. The molecule has 0 heterocycles. The maximum atomic E-state index is 12.3. The van der Waals surface area contributed by atoms with Crippen LogP contribution in [0.5, 0.6) is 5.75 Å². The second-order valence-electron chi connectivity index (χ2n) is 5.42. The number of phenolic OH excluding ortho intramolecular Hbond substituents is 1. The first-order valence-corrected chi connectivity index (χ1v) is 7.37. The summed E-state index contributed by atoms with van der Waals surface area (Å²) in [5, 5.41) is 21.6. The normalized spacial score (nSPS) is 17.8. The molecule has 0 bridgehead atoms. The minimum absolute atomic E-state index is 0.0629. The van der Waals surface area contributed by atoms with Crippen molar-refractivity contribution < 1.29 is 19.8 Å². The van der Waals surface area contributed by atoms with E-state index < -0.39 is 17.4 Å². The molecule has 1 saturated carbocycles. The van der Waals surface area contributed by atoms with E-state index in [-0.39, 0.29) is 16.3 Å². The summed E-state index contributed by atoms with van der Waals surface area (Å²) in [4.78, 5) is 23.9. The zero-order valence-electron chi connectivity index (χ0n) is 11.6. The summed E-state index contributed by atoms with van der Waals surface area (Å²) in [6.45, 7) is 0. The number of carboxylic acid groups (broad SMARTS) is 1. The van der Waals surface area contributed by atoms with Crippen LogP contribution in [-0.4, -0.2) is 27.6 Å². The maximum Gasteiger partial charge on any atom is 0.329 e. The highest BCUT2D eigenvalue weighted by Gasteiger charge is 2.40. The number of carbonyl (C=O) groups excluding carboxylic acids is 1. The molecule has 0 saturated heterocycles. The first-order chi connectivity index (χ1) is 9.94. The standard InChI is InChI=1S/C15H18ClNO4/c16-11-9-10(5-6-12(11)18)13(19)17-15(14(20)21)7-3-1-2-4-8-15/h5-6,9,18H,1-4,7-8H2,(H,17,19)(H,20,21). The number of benzene rings is 1. The van der Waals surface area contributed by atoms with Crippen molar-refractivity contribution in [2.24, 2.45) is 0 Å². The van der Waals surface area contributed by atoms with E-state index in [0.717, 1.165) is 25.7 Å². The lowest BCUT2D eigenvalue weighted by molar-refractivity contribution is -0.145. The van der Waals surface area contributed by atoms with Crippen molar-refractivity contribution in [2.75, 3.05) is 0 Å². The molecule has 3 N–H and O–H groups in total. The molecule has 0 aliphatic heterocycles. The van der Waals surface area contributed by atoms with Crippen molar-refractivity contribution in [3.63, 3.8) is 0 Å². The predicted molar refractivity (Wildman–Crippen MR) is 78.7 cm³/mol. The van der Waals surface area contributed by atoms with Gasteiger partial charge in [0.05, 0.1) is 5.02 Å². The van der Waals surface area contributed by atoms with Gasteiger partial charge in [0, 0.05) is 5.56 Å². The van der Waals surface area contributed by atoms with Crippen LogP contribution >= 0.6 is 11.6 Å². The smallest absolute Gasteiger partial charge is 0.329 e. The van der Waals surface area contributed by atoms with Crippen LogP contribution in [0.15, 0.2) is 18.2 Å². The number of hydrogen-bond donors (Lipinski definition) is 3. The molecule has 0 aromatic heterocycles. The Hall–Kier alpha value is -1.75. The van der Waals surface area contributed by atoms with Crippen LogP contribution in [0.2, 0.25) is 5.02 Å². The second-order valence-corrected chi connectivity index (χ2v) is 5.83. The number of aromatic hydroxyl groups is 1. The van der Waals surface area contributed by atoms with Gasteiger partial charge in [-0.15, -0.1) is 0 Å². The molecule has 1 aliphatic carbocycles. The molecule has 1 aliphatic rings. The summed E-state index contributed by atoms with van der Waals surface area (Å²) in [5.74, 6) is -1.60. The number of rotatable bonds is 3. The van der Waals surface area contributed by atoms with Gasteiger partial charge in [0.25, 0.3) is 5.91 Å². The third-order valence-corrected chi connectivity index (χ3v) is 4.23. The molecule has 0 atom stereocenters. The molecule has 114 valence electrons. The average molecular weight is 312 g/mol. The van der Waals surface area contributed by atoms with Gasteiger partial charge in [0.15, 0.2) is 0 Å². The number of amides is 1. The second kappa shape index (κ2) is 6.35. The number of aliphatic carboxylic acids is 1. The summed E-state index contributed by atoms with van der Waals surface area (Å²) < 4.78 is 0. The maximum absolute atomic E-state index is 12.3. The molecule has 1 aromatic carbocycles. The Balaban J connectivity index is 2.21. The van der Waals surface area contributed by atoms with Crippen LogP contribution in [-0.2, 0) is 4.79 Å². The van der Waals surface area contributed by atoms with E-state index in [1.807, 2.05) is 0 Å². The molecular weight excluding hydrogens is 294 g/mol. The van der Waals surface area contributed by atoms with Crippen LogP contribution in [0, 0.1) is 0 Å². The van der Waals surface area contributed by atoms with E-state index in [0.29, 0.717) is 12.8 Å². The van der Waals surface area contributed by atoms with Crippen molar-refractivity contribution >= 4 is 23.5 Å². The van der Waals surface area contributed by atoms with Gasteiger partial charge in [-0.25, -0.2) is 4.79 Å². The van der Waals surface area contributed by atoms with Gasteiger partial charge in [-0.05, 0) is 31.0 Å². The third-order valence-electron chi connectivity index (χ3n) is 3.93. The zero-order chi connectivity index (χ0) is 15.5. The number of carbonyl (C=O) groups is 2. The van der Waals surface area contributed by atoms with E-state index in [1.54, 1.807) is 0 Å². The van der Waals surface area contributed by atoms with Crippen molar-refractivity contribution in [3.05, 3.63) is 28.8 Å². The first kappa shape index (κ1) is 15.6. The topological polar surface area (TPSA) is 86.6 Å². The summed E-state index contributed by atoms with van der Waals surface area (Å²) >= 11 is 5.78. The Kier molecular flexibility index (Phi) is 4.73. The van der Waals surface area contributed by atoms with Crippen molar-refractivity contribution in [1.82, 2.24) is 5.32 Å². The number of hydrogen-bond acceptors (Lipinski definition) is 3. The van der Waals surface area contributed by atoms with Crippen molar-refractivity contribution in [1.29, 1.82) is 0 Å². The van der Waals surface area contributed by atoms with Crippen LogP contribution in [0.3, 0.4) is 0 Å². The molecule has 0 unspecified atom stereocenters. The lowest BCUT2D eigenvalue weighted by Crippen LogP contribution is -2.54. The number of halogens is 1. The molecule has 1 fully saturated rings. The molecule has 2 rings (SSSR count). The fourth-order valence-corrected chi connectivity index (χ4v) is 2.84. The Morgan fingerprint density at radius 2 is 1.76 bits per heavy atom. The Bertz CT molecular complexity index is 551. The van der Waals surface area contributed by atoms with Crippen molar-refractivity contribution in [3.8, 4) is 5.75 Å². The van der Waals surface area contributed by atoms with Crippen LogP contribution in [0.1, 0.15) is 48.9 Å². The van der Waals surface area contributed by atoms with Gasteiger partial charge in [-0.3, -0.25) is 4.79 Å². The van der Waals surface area contributed by atoms with Gasteiger partial charge in [-0.1, -0.05) is 37.3 Å².